The zero-order valence-corrected chi connectivity index (χ0v) is 12.3. The van der Waals surface area contributed by atoms with Gasteiger partial charge in [0.1, 0.15) is 0 Å². The summed E-state index contributed by atoms with van der Waals surface area (Å²) in [6.45, 7) is 6.27. The smallest absolute Gasteiger partial charge is 0.0469 e. The lowest BCUT2D eigenvalue weighted by Gasteiger charge is -2.41. The van der Waals surface area contributed by atoms with E-state index in [0.717, 1.165) is 13.2 Å². The number of benzene rings is 1. The molecule has 1 heterocycles. The Morgan fingerprint density at radius 1 is 1.21 bits per heavy atom. The average molecular weight is 258 g/mol. The Morgan fingerprint density at radius 3 is 2.47 bits per heavy atom. The monoisotopic (exact) mass is 258 g/mol. The third kappa shape index (κ3) is 3.09. The molecule has 1 aromatic rings. The van der Waals surface area contributed by atoms with Gasteiger partial charge in [-0.15, -0.1) is 0 Å². The van der Waals surface area contributed by atoms with Crippen LogP contribution in [0.4, 0.5) is 0 Å². The molecule has 1 fully saturated rings. The minimum Gasteiger partial charge on any atom is -0.381 e. The van der Waals surface area contributed by atoms with Crippen LogP contribution in [0.3, 0.4) is 0 Å². The standard InChI is InChI=1S/C18H26O/c1-3-12-18(13-4-2,16-8-6-5-7-9-16)17-10-14-19-15-11-17/h3,5-9,12,17H,4,10-11,13-15H2,1-2H3/b12-3-. The lowest BCUT2D eigenvalue weighted by Crippen LogP contribution is -2.37. The van der Waals surface area contributed by atoms with Crippen molar-refractivity contribution in [3.8, 4) is 0 Å². The predicted molar refractivity (Wildman–Crippen MR) is 81.4 cm³/mol. The van der Waals surface area contributed by atoms with E-state index in [-0.39, 0.29) is 5.41 Å². The van der Waals surface area contributed by atoms with E-state index in [0.29, 0.717) is 5.92 Å². The minimum atomic E-state index is 0.203. The molecule has 0 saturated carbocycles. The van der Waals surface area contributed by atoms with Gasteiger partial charge in [-0.25, -0.2) is 0 Å². The lowest BCUT2D eigenvalue weighted by molar-refractivity contribution is 0.0439. The first-order valence-corrected chi connectivity index (χ1v) is 7.60. The predicted octanol–water partition coefficient (Wildman–Crippen LogP) is 4.73. The van der Waals surface area contributed by atoms with Crippen molar-refractivity contribution in [1.82, 2.24) is 0 Å². The average Bonchev–Trinajstić information content (AvgIpc) is 2.49. The molecule has 0 aliphatic carbocycles. The van der Waals surface area contributed by atoms with Crippen molar-refractivity contribution in [2.45, 2.75) is 44.9 Å². The van der Waals surface area contributed by atoms with Crippen molar-refractivity contribution in [2.75, 3.05) is 13.2 Å². The van der Waals surface area contributed by atoms with E-state index in [9.17, 15) is 0 Å². The second kappa shape index (κ2) is 6.91. The van der Waals surface area contributed by atoms with Crippen LogP contribution < -0.4 is 0 Å². The second-order valence-electron chi connectivity index (χ2n) is 5.54. The highest BCUT2D eigenvalue weighted by molar-refractivity contribution is 5.32. The molecule has 0 N–H and O–H groups in total. The minimum absolute atomic E-state index is 0.203. The molecule has 104 valence electrons. The molecule has 1 heteroatoms. The van der Waals surface area contributed by atoms with Crippen molar-refractivity contribution < 1.29 is 4.74 Å². The Morgan fingerprint density at radius 2 is 1.89 bits per heavy atom. The highest BCUT2D eigenvalue weighted by Crippen LogP contribution is 2.43. The maximum absolute atomic E-state index is 5.56. The van der Waals surface area contributed by atoms with Gasteiger partial charge in [0.2, 0.25) is 0 Å². The number of allylic oxidation sites excluding steroid dienone is 2. The largest absolute Gasteiger partial charge is 0.381 e. The van der Waals surface area contributed by atoms with Crippen LogP contribution in [0.2, 0.25) is 0 Å². The summed E-state index contributed by atoms with van der Waals surface area (Å²) in [7, 11) is 0. The third-order valence-electron chi connectivity index (χ3n) is 4.39. The van der Waals surface area contributed by atoms with E-state index in [2.05, 4.69) is 56.3 Å². The maximum atomic E-state index is 5.56. The third-order valence-corrected chi connectivity index (χ3v) is 4.39. The molecule has 1 nitrogen and oxygen atoms in total. The SMILES string of the molecule is C/C=C\C(CCC)(c1ccccc1)C1CCOCC1. The van der Waals surface area contributed by atoms with Gasteiger partial charge >= 0.3 is 0 Å². The van der Waals surface area contributed by atoms with E-state index in [1.165, 1.54) is 31.2 Å². The summed E-state index contributed by atoms with van der Waals surface area (Å²) in [4.78, 5) is 0. The molecule has 0 spiro atoms. The van der Waals surface area contributed by atoms with Crippen molar-refractivity contribution in [3.63, 3.8) is 0 Å². The molecule has 1 aliphatic rings. The van der Waals surface area contributed by atoms with Gasteiger partial charge in [-0.1, -0.05) is 55.8 Å². The number of hydrogen-bond donors (Lipinski definition) is 0. The van der Waals surface area contributed by atoms with Crippen LogP contribution in [0, 0.1) is 5.92 Å². The normalized spacial score (nSPS) is 20.5. The van der Waals surface area contributed by atoms with Crippen molar-refractivity contribution in [2.24, 2.45) is 5.92 Å². The number of rotatable bonds is 5. The van der Waals surface area contributed by atoms with Gasteiger partial charge in [0.25, 0.3) is 0 Å². The fourth-order valence-electron chi connectivity index (χ4n) is 3.57. The Balaban J connectivity index is 2.40. The van der Waals surface area contributed by atoms with E-state index in [1.807, 2.05) is 0 Å². The number of hydrogen-bond acceptors (Lipinski definition) is 1. The second-order valence-corrected chi connectivity index (χ2v) is 5.54. The quantitative estimate of drug-likeness (QED) is 0.694. The highest BCUT2D eigenvalue weighted by atomic mass is 16.5. The highest BCUT2D eigenvalue weighted by Gasteiger charge is 2.37. The van der Waals surface area contributed by atoms with Gasteiger partial charge in [0, 0.05) is 18.6 Å². The zero-order chi connectivity index (χ0) is 13.6. The first-order chi connectivity index (χ1) is 9.33. The molecular formula is C18H26O. The van der Waals surface area contributed by atoms with Crippen molar-refractivity contribution in [1.29, 1.82) is 0 Å². The van der Waals surface area contributed by atoms with Crippen LogP contribution >= 0.6 is 0 Å². The molecular weight excluding hydrogens is 232 g/mol. The summed E-state index contributed by atoms with van der Waals surface area (Å²) in [5.74, 6) is 0.708. The summed E-state index contributed by atoms with van der Waals surface area (Å²) in [5.41, 5.74) is 1.68. The van der Waals surface area contributed by atoms with Gasteiger partial charge in [0.15, 0.2) is 0 Å². The molecule has 1 aliphatic heterocycles. The molecule has 0 radical (unpaired) electrons. The topological polar surface area (TPSA) is 9.23 Å². The van der Waals surface area contributed by atoms with Gasteiger partial charge in [-0.05, 0) is 37.7 Å². The summed E-state index contributed by atoms with van der Waals surface area (Å²) in [5, 5.41) is 0. The van der Waals surface area contributed by atoms with Gasteiger partial charge in [-0.3, -0.25) is 0 Å². The summed E-state index contributed by atoms with van der Waals surface area (Å²) < 4.78 is 5.56. The van der Waals surface area contributed by atoms with E-state index in [1.54, 1.807) is 0 Å². The fourth-order valence-corrected chi connectivity index (χ4v) is 3.57. The van der Waals surface area contributed by atoms with E-state index in [4.69, 9.17) is 4.74 Å². The number of ether oxygens (including phenoxy) is 1. The van der Waals surface area contributed by atoms with Gasteiger partial charge in [0.05, 0.1) is 0 Å². The van der Waals surface area contributed by atoms with Crippen molar-refractivity contribution >= 4 is 0 Å². The molecule has 0 amide bonds. The Kier molecular flexibility index (Phi) is 5.21. The first kappa shape index (κ1) is 14.3. The lowest BCUT2D eigenvalue weighted by atomic mass is 9.64. The van der Waals surface area contributed by atoms with Crippen LogP contribution in [0.15, 0.2) is 42.5 Å². The van der Waals surface area contributed by atoms with Gasteiger partial charge < -0.3 is 4.74 Å². The summed E-state index contributed by atoms with van der Waals surface area (Å²) in [6.07, 6.45) is 9.49. The fraction of sp³-hybridized carbons (Fsp3) is 0.556. The van der Waals surface area contributed by atoms with Crippen LogP contribution in [0.5, 0.6) is 0 Å². The van der Waals surface area contributed by atoms with Gasteiger partial charge in [-0.2, -0.15) is 0 Å². The molecule has 1 aromatic carbocycles. The molecule has 1 unspecified atom stereocenters. The van der Waals surface area contributed by atoms with Crippen LogP contribution in [-0.2, 0) is 10.2 Å². The molecule has 0 bridgehead atoms. The Bertz CT molecular complexity index is 389. The Hall–Kier alpha value is -1.08. The van der Waals surface area contributed by atoms with Crippen LogP contribution in [0.25, 0.3) is 0 Å². The van der Waals surface area contributed by atoms with E-state index < -0.39 is 0 Å². The maximum Gasteiger partial charge on any atom is 0.0469 e. The molecule has 2 rings (SSSR count). The summed E-state index contributed by atoms with van der Waals surface area (Å²) >= 11 is 0. The summed E-state index contributed by atoms with van der Waals surface area (Å²) in [6, 6.07) is 11.0. The first-order valence-electron chi connectivity index (χ1n) is 7.60. The van der Waals surface area contributed by atoms with Crippen LogP contribution in [0.1, 0.15) is 45.1 Å². The molecule has 1 atom stereocenters. The van der Waals surface area contributed by atoms with Crippen molar-refractivity contribution in [3.05, 3.63) is 48.0 Å². The van der Waals surface area contributed by atoms with Crippen LogP contribution in [-0.4, -0.2) is 13.2 Å². The van der Waals surface area contributed by atoms with E-state index >= 15 is 0 Å². The molecule has 1 saturated heterocycles. The molecule has 19 heavy (non-hydrogen) atoms. The Labute approximate surface area is 117 Å². The zero-order valence-electron chi connectivity index (χ0n) is 12.3. The molecule has 0 aromatic heterocycles.